The van der Waals surface area contributed by atoms with Gasteiger partial charge in [-0.15, -0.1) is 0 Å². The summed E-state index contributed by atoms with van der Waals surface area (Å²) in [4.78, 5) is 25.3. The zero-order valence-electron chi connectivity index (χ0n) is 21.0. The average molecular weight is 427 g/mol. The molecule has 0 aromatic rings. The van der Waals surface area contributed by atoms with E-state index in [1.807, 2.05) is 0 Å². The van der Waals surface area contributed by atoms with Gasteiger partial charge in [0.1, 0.15) is 0 Å². The Balaban J connectivity index is 1.52. The maximum Gasteiger partial charge on any atom is 0.159 e. The maximum atomic E-state index is 13.2. The summed E-state index contributed by atoms with van der Waals surface area (Å²) in [5.74, 6) is 5.55. The molecule has 3 fully saturated rings. The fourth-order valence-corrected chi connectivity index (χ4v) is 9.05. The van der Waals surface area contributed by atoms with Gasteiger partial charge >= 0.3 is 0 Å². The lowest BCUT2D eigenvalue weighted by Crippen LogP contribution is -2.53. The van der Waals surface area contributed by atoms with E-state index in [9.17, 15) is 9.59 Å². The first kappa shape index (κ1) is 23.2. The molecular weight excluding hydrogens is 380 g/mol. The number of allylic oxidation sites excluding steroid dienone is 1. The van der Waals surface area contributed by atoms with Gasteiger partial charge in [-0.3, -0.25) is 9.59 Å². The number of rotatable bonds is 6. The third kappa shape index (κ3) is 3.78. The van der Waals surface area contributed by atoms with Gasteiger partial charge in [-0.2, -0.15) is 0 Å². The molecule has 0 saturated heterocycles. The van der Waals surface area contributed by atoms with Gasteiger partial charge in [-0.05, 0) is 96.9 Å². The van der Waals surface area contributed by atoms with Crippen molar-refractivity contribution >= 4 is 11.6 Å². The van der Waals surface area contributed by atoms with Crippen molar-refractivity contribution in [1.82, 2.24) is 0 Å². The summed E-state index contributed by atoms with van der Waals surface area (Å²) in [6.45, 7) is 14.5. The monoisotopic (exact) mass is 426 g/mol. The highest BCUT2D eigenvalue weighted by molar-refractivity contribution is 6.05. The number of hydrogen-bond acceptors (Lipinski definition) is 2. The van der Waals surface area contributed by atoms with Gasteiger partial charge in [0.15, 0.2) is 11.6 Å². The summed E-state index contributed by atoms with van der Waals surface area (Å²) < 4.78 is 0. The fourth-order valence-electron chi connectivity index (χ4n) is 9.05. The first-order valence-electron chi connectivity index (χ1n) is 13.4. The molecule has 4 aliphatic rings. The molecule has 174 valence electrons. The van der Waals surface area contributed by atoms with E-state index >= 15 is 0 Å². The van der Waals surface area contributed by atoms with E-state index in [2.05, 4.69) is 41.5 Å². The van der Waals surface area contributed by atoms with Crippen LogP contribution in [0.25, 0.3) is 0 Å². The Labute approximate surface area is 191 Å². The van der Waals surface area contributed by atoms with Gasteiger partial charge in [-0.1, -0.05) is 54.4 Å². The molecule has 0 bridgehead atoms. The van der Waals surface area contributed by atoms with Crippen LogP contribution in [0.2, 0.25) is 0 Å². The van der Waals surface area contributed by atoms with Crippen molar-refractivity contribution in [3.63, 3.8) is 0 Å². The Hall–Kier alpha value is -0.920. The molecule has 0 aromatic carbocycles. The largest absolute Gasteiger partial charge is 0.295 e. The highest BCUT2D eigenvalue weighted by Crippen LogP contribution is 2.67. The van der Waals surface area contributed by atoms with E-state index in [1.165, 1.54) is 44.9 Å². The van der Waals surface area contributed by atoms with Gasteiger partial charge in [0.2, 0.25) is 0 Å². The normalized spacial score (nSPS) is 42.0. The molecule has 2 nitrogen and oxygen atoms in total. The molecule has 0 radical (unpaired) electrons. The van der Waals surface area contributed by atoms with Crippen LogP contribution in [0, 0.1) is 52.3 Å². The third-order valence-corrected chi connectivity index (χ3v) is 11.0. The minimum atomic E-state index is -0.0510. The van der Waals surface area contributed by atoms with E-state index in [1.54, 1.807) is 6.08 Å². The SMILES string of the molecule is CCC(CC[C@@H](C)[C@H]1CC[C@H]2[C@@H]3CC(=O)C4=CC(=O)CC[C@]4(C)[C@H]3CC[C@]12C)C(C)C. The smallest absolute Gasteiger partial charge is 0.159 e. The molecule has 0 aliphatic heterocycles. The predicted octanol–water partition coefficient (Wildman–Crippen LogP) is 7.41. The standard InChI is InChI=1S/C29H46O2/c1-7-20(18(2)3)9-8-19(4)23-10-11-24-22-17-27(31)26-16-21(30)12-14-29(26,6)25(22)13-15-28(23,24)5/h16,18-20,22-25H,7-15,17H2,1-6H3/t19-,20?,22+,23-,24+,25+,28-,29-/m1/s1. The van der Waals surface area contributed by atoms with Crippen molar-refractivity contribution in [2.24, 2.45) is 52.3 Å². The molecule has 0 N–H and O–H groups in total. The highest BCUT2D eigenvalue weighted by Gasteiger charge is 2.61. The quantitative estimate of drug-likeness (QED) is 0.443. The zero-order chi connectivity index (χ0) is 22.6. The van der Waals surface area contributed by atoms with E-state index in [-0.39, 0.29) is 11.2 Å². The molecular formula is C29H46O2. The molecule has 0 aromatic heterocycles. The number of carbonyl (C=O) groups excluding carboxylic acids is 2. The van der Waals surface area contributed by atoms with Crippen LogP contribution in [-0.2, 0) is 9.59 Å². The van der Waals surface area contributed by atoms with Crippen molar-refractivity contribution < 1.29 is 9.59 Å². The van der Waals surface area contributed by atoms with Crippen molar-refractivity contribution in [2.75, 3.05) is 0 Å². The Morgan fingerprint density at radius 2 is 1.74 bits per heavy atom. The van der Waals surface area contributed by atoms with Crippen LogP contribution in [-0.4, -0.2) is 11.6 Å². The molecule has 4 aliphatic carbocycles. The molecule has 0 heterocycles. The van der Waals surface area contributed by atoms with Crippen LogP contribution < -0.4 is 0 Å². The summed E-state index contributed by atoms with van der Waals surface area (Å²) in [6, 6.07) is 0. The summed E-state index contributed by atoms with van der Waals surface area (Å²) in [7, 11) is 0. The molecule has 8 atom stereocenters. The summed E-state index contributed by atoms with van der Waals surface area (Å²) in [5.41, 5.74) is 1.24. The Morgan fingerprint density at radius 3 is 2.42 bits per heavy atom. The molecule has 31 heavy (non-hydrogen) atoms. The van der Waals surface area contributed by atoms with Crippen LogP contribution in [0.15, 0.2) is 11.6 Å². The summed E-state index contributed by atoms with van der Waals surface area (Å²) in [5, 5.41) is 0. The summed E-state index contributed by atoms with van der Waals surface area (Å²) >= 11 is 0. The average Bonchev–Trinajstić information content (AvgIpc) is 3.07. The van der Waals surface area contributed by atoms with Crippen LogP contribution >= 0.6 is 0 Å². The second-order valence-electron chi connectivity index (χ2n) is 12.6. The second-order valence-corrected chi connectivity index (χ2v) is 12.6. The van der Waals surface area contributed by atoms with Crippen LogP contribution in [0.4, 0.5) is 0 Å². The van der Waals surface area contributed by atoms with Crippen LogP contribution in [0.5, 0.6) is 0 Å². The highest BCUT2D eigenvalue weighted by atomic mass is 16.1. The predicted molar refractivity (Wildman–Crippen MR) is 128 cm³/mol. The summed E-state index contributed by atoms with van der Waals surface area (Å²) in [6.07, 6.45) is 13.2. The maximum absolute atomic E-state index is 13.2. The van der Waals surface area contributed by atoms with Crippen LogP contribution in [0.3, 0.4) is 0 Å². The molecule has 1 unspecified atom stereocenters. The first-order valence-corrected chi connectivity index (χ1v) is 13.4. The minimum absolute atomic E-state index is 0.0510. The number of fused-ring (bicyclic) bond motifs is 5. The Kier molecular flexibility index (Phi) is 6.34. The van der Waals surface area contributed by atoms with Crippen molar-refractivity contribution in [2.45, 2.75) is 106 Å². The fraction of sp³-hybridized carbons (Fsp3) is 0.862. The van der Waals surface area contributed by atoms with E-state index in [0.717, 1.165) is 35.7 Å². The number of hydrogen-bond donors (Lipinski definition) is 0. The van der Waals surface area contributed by atoms with E-state index in [0.29, 0.717) is 41.8 Å². The van der Waals surface area contributed by atoms with E-state index in [4.69, 9.17) is 0 Å². The lowest BCUT2D eigenvalue weighted by atomic mass is 9.46. The van der Waals surface area contributed by atoms with Crippen molar-refractivity contribution in [1.29, 1.82) is 0 Å². The second kappa shape index (κ2) is 8.45. The van der Waals surface area contributed by atoms with Crippen molar-refractivity contribution in [3.05, 3.63) is 11.6 Å². The van der Waals surface area contributed by atoms with Gasteiger partial charge in [-0.25, -0.2) is 0 Å². The Bertz CT molecular complexity index is 748. The van der Waals surface area contributed by atoms with Crippen molar-refractivity contribution in [3.8, 4) is 0 Å². The lowest BCUT2D eigenvalue weighted by Gasteiger charge is -2.57. The molecule has 3 saturated carbocycles. The van der Waals surface area contributed by atoms with Gasteiger partial charge < -0.3 is 0 Å². The molecule has 0 spiro atoms. The minimum Gasteiger partial charge on any atom is -0.295 e. The lowest BCUT2D eigenvalue weighted by molar-refractivity contribution is -0.131. The molecule has 4 rings (SSSR count). The zero-order valence-corrected chi connectivity index (χ0v) is 21.0. The van der Waals surface area contributed by atoms with E-state index < -0.39 is 0 Å². The molecule has 2 heteroatoms. The Morgan fingerprint density at radius 1 is 1.00 bits per heavy atom. The van der Waals surface area contributed by atoms with Crippen LogP contribution in [0.1, 0.15) is 106 Å². The topological polar surface area (TPSA) is 34.1 Å². The molecule has 0 amide bonds. The number of ketones is 2. The number of Topliss-reactive ketones (excluding diaryl/α,β-unsaturated/α-hetero) is 1. The third-order valence-electron chi connectivity index (χ3n) is 11.0. The first-order chi connectivity index (χ1) is 14.6. The number of carbonyl (C=O) groups is 2. The van der Waals surface area contributed by atoms with Gasteiger partial charge in [0.05, 0.1) is 0 Å². The van der Waals surface area contributed by atoms with Gasteiger partial charge in [0, 0.05) is 18.4 Å². The van der Waals surface area contributed by atoms with Gasteiger partial charge in [0.25, 0.3) is 0 Å².